The first-order valence-corrected chi connectivity index (χ1v) is 36.2. The zero-order chi connectivity index (χ0) is 72.6. The first kappa shape index (κ1) is 74.4. The van der Waals surface area contributed by atoms with Gasteiger partial charge >= 0.3 is 17.9 Å². The number of carbonyl (C=O) groups is 10. The van der Waals surface area contributed by atoms with Gasteiger partial charge in [0.25, 0.3) is 21.6 Å². The van der Waals surface area contributed by atoms with E-state index in [-0.39, 0.29) is 95.6 Å². The van der Waals surface area contributed by atoms with Crippen LogP contribution in [0.3, 0.4) is 0 Å². The fourth-order valence-corrected chi connectivity index (χ4v) is 15.2. The van der Waals surface area contributed by atoms with Crippen molar-refractivity contribution in [2.45, 2.75) is 117 Å². The van der Waals surface area contributed by atoms with E-state index in [9.17, 15) is 71.4 Å². The predicted molar refractivity (Wildman–Crippen MR) is 371 cm³/mol. The van der Waals surface area contributed by atoms with Crippen LogP contribution in [0.25, 0.3) is 28.9 Å². The number of aromatic amines is 3. The first-order valence-electron chi connectivity index (χ1n) is 32.1. The van der Waals surface area contributed by atoms with E-state index in [4.69, 9.17) is 25.0 Å². The highest BCUT2D eigenvalue weighted by Crippen LogP contribution is 2.49. The van der Waals surface area contributed by atoms with Crippen LogP contribution in [0.1, 0.15) is 126 Å². The normalized spacial score (nSPS) is 20.7. The van der Waals surface area contributed by atoms with E-state index >= 15 is 0 Å². The maximum absolute atomic E-state index is 14.6. The van der Waals surface area contributed by atoms with E-state index in [1.807, 2.05) is 32.9 Å². The number of hydrogen-bond acceptors (Lipinski definition) is 23. The lowest BCUT2D eigenvalue weighted by molar-refractivity contribution is -0.142. The number of methoxy groups -OCH3 is 1. The van der Waals surface area contributed by atoms with Crippen LogP contribution in [0.15, 0.2) is 50.9 Å². The number of H-pyrrole nitrogens is 3. The number of carboxylic acid groups (broad SMARTS) is 2. The molecule has 0 fully saturated rings. The summed E-state index contributed by atoms with van der Waals surface area (Å²) in [5.41, 5.74) is 11.7. The number of ketones is 2. The number of carboxylic acids is 2. The zero-order valence-electron chi connectivity index (χ0n) is 55.5. The molecular weight excluding hydrogens is 1360 g/mol. The molecule has 0 radical (unpaired) electrons. The smallest absolute Gasteiger partial charge is 0.327 e. The molecule has 35 heteroatoms. The van der Waals surface area contributed by atoms with Gasteiger partial charge in [-0.05, 0) is 87.1 Å². The van der Waals surface area contributed by atoms with Crippen molar-refractivity contribution in [1.29, 1.82) is 0 Å². The van der Waals surface area contributed by atoms with Crippen molar-refractivity contribution in [3.63, 3.8) is 0 Å². The van der Waals surface area contributed by atoms with E-state index in [2.05, 4.69) is 75.7 Å². The van der Waals surface area contributed by atoms with E-state index in [0.717, 1.165) is 39.4 Å². The third kappa shape index (κ3) is 17.4. The number of rotatable bonds is 30. The van der Waals surface area contributed by atoms with Crippen molar-refractivity contribution >= 4 is 143 Å². The SMILES string of the molecule is CC[C@H]1C2Cc3[nH]c4c(c3C)C(=O)C(C(=O)OC)/C4=C3N=C(/C=c4\[nH]/c(c(C(C)=O)c4C)=C\C(=N2)[C@@H]1C)[C@@H](C)[C@@H]/3CCC(=O)NCCSSC[C@H](NC(=O)[C@H](CC(=O)NCCS(=O)(=O)O)NC(=O)CC[C@H](NC(=O)c1ccc(NCc2cnc3nc(N)[nH]c(=O)c3n2)cc1)C(=O)O)C(=O)O. The third-order valence-corrected chi connectivity index (χ3v) is 21.2. The molecule has 2 unspecified atom stereocenters. The quantitative estimate of drug-likeness (QED) is 0.00773. The number of esters is 1. The molecule has 4 aliphatic rings. The van der Waals surface area contributed by atoms with E-state index in [1.165, 1.54) is 44.5 Å². The number of aromatic nitrogens is 6. The van der Waals surface area contributed by atoms with Gasteiger partial charge in [-0.25, -0.2) is 19.6 Å². The van der Waals surface area contributed by atoms with Gasteiger partial charge in [0.1, 0.15) is 24.0 Å². The number of carbonyl (C=O) groups excluding carboxylic acids is 8. The largest absolute Gasteiger partial charge is 0.480 e. The second-order valence-electron chi connectivity index (χ2n) is 24.7. The highest BCUT2D eigenvalue weighted by molar-refractivity contribution is 8.76. The Kier molecular flexibility index (Phi) is 23.8. The van der Waals surface area contributed by atoms with Gasteiger partial charge < -0.3 is 62.6 Å². The number of hydrogen-bond donors (Lipinski definition) is 13. The summed E-state index contributed by atoms with van der Waals surface area (Å²) in [7, 11) is -1.16. The van der Waals surface area contributed by atoms with Gasteiger partial charge in [0, 0.05) is 112 Å². The molecule has 9 rings (SSSR count). The number of nitrogens with one attached hydrogen (secondary N) is 9. The van der Waals surface area contributed by atoms with Crippen LogP contribution in [0.5, 0.6) is 0 Å². The molecular formula is C65H77N15O17S3. The summed E-state index contributed by atoms with van der Waals surface area (Å²) in [6, 6.07) is 0.534. The van der Waals surface area contributed by atoms with Gasteiger partial charge in [0.15, 0.2) is 22.7 Å². The van der Waals surface area contributed by atoms with Crippen molar-refractivity contribution in [2.75, 3.05) is 48.5 Å². The lowest BCUT2D eigenvalue weighted by atomic mass is 9.83. The molecule has 9 atom stereocenters. The fourth-order valence-electron chi connectivity index (χ4n) is 12.8. The van der Waals surface area contributed by atoms with Crippen LogP contribution in [-0.2, 0) is 61.4 Å². The summed E-state index contributed by atoms with van der Waals surface area (Å²) in [6.45, 7) is 11.0. The molecule has 7 heterocycles. The number of Topliss-reactive ketones (excluding diaryl/α,β-unsaturated/α-hetero) is 2. The molecule has 5 amide bonds. The summed E-state index contributed by atoms with van der Waals surface area (Å²) >= 11 is 0. The molecule has 4 aromatic heterocycles. The van der Waals surface area contributed by atoms with Crippen LogP contribution in [0.2, 0.25) is 0 Å². The fraction of sp³-hybridized carbons (Fsp3) is 0.446. The molecule has 0 spiro atoms. The Morgan fingerprint density at radius 3 is 2.21 bits per heavy atom. The predicted octanol–water partition coefficient (Wildman–Crippen LogP) is 1.48. The molecule has 32 nitrogen and oxygen atoms in total. The number of allylic oxidation sites excluding steroid dienone is 1. The Bertz CT molecular complexity index is 4540. The number of ether oxygens (including phenoxy) is 1. The standard InChI is InChI=1S/C65H77N15O17S3/c1-8-36-28(2)39-23-44-50(32(6)81)30(4)41(73-44)21-40-29(3)37(54(75-40)52-53(64(93)97-7)57(85)51-31(5)42(76-55(51)52)22-43(36)72-39)13-15-47(82)67-17-19-98-99-27-46(63(91)92)78-60(87)45(24-49(84)68-18-20-100(94,95)96)74-48(83)16-14-38(62(89)90)77-59(86)33-9-11-34(12-10-33)69-25-35-26-70-58-56(71-35)61(88)80-65(66)79-58/h9-12,21,23,26,28-29,36-38,43,45-46,53,69,73,76H,8,13-20,22,24-25,27H2,1-7H3,(H,67,82)(H,68,84)(H,74,83)(H,77,86)(H,78,87)(H,89,90)(H,91,92)(H,94,95,96)(H3,66,70,79,80,88)/b41-21-,44-23-,54-52-/t28-,29+,36-,37+,38+,43?,45+,46+,53?/m1/s1. The van der Waals surface area contributed by atoms with Gasteiger partial charge in [0.2, 0.25) is 29.6 Å². The molecule has 8 bridgehead atoms. The van der Waals surface area contributed by atoms with Crippen molar-refractivity contribution in [1.82, 2.24) is 56.5 Å². The molecule has 532 valence electrons. The minimum Gasteiger partial charge on any atom is -0.480 e. The maximum Gasteiger partial charge on any atom is 0.327 e. The average molecular weight is 1440 g/mol. The molecule has 100 heavy (non-hydrogen) atoms. The third-order valence-electron chi connectivity index (χ3n) is 18.1. The topological polar surface area (TPSA) is 501 Å². The molecule has 3 aliphatic heterocycles. The Morgan fingerprint density at radius 1 is 0.820 bits per heavy atom. The highest BCUT2D eigenvalue weighted by Gasteiger charge is 2.49. The number of nitrogen functional groups attached to an aromatic ring is 1. The number of amides is 5. The molecule has 14 N–H and O–H groups in total. The van der Waals surface area contributed by atoms with Crippen molar-refractivity contribution in [2.24, 2.45) is 39.6 Å². The van der Waals surface area contributed by atoms with E-state index in [1.54, 1.807) is 0 Å². The van der Waals surface area contributed by atoms with Crippen molar-refractivity contribution in [3.05, 3.63) is 102 Å². The van der Waals surface area contributed by atoms with Gasteiger partial charge in [-0.3, -0.25) is 62.7 Å². The second-order valence-corrected chi connectivity index (χ2v) is 28.9. The second kappa shape index (κ2) is 32.0. The van der Waals surface area contributed by atoms with Crippen molar-refractivity contribution in [3.8, 4) is 0 Å². The Morgan fingerprint density at radius 2 is 1.53 bits per heavy atom. The first-order chi connectivity index (χ1) is 47.4. The minimum atomic E-state index is -4.53. The number of fused-ring (bicyclic) bond motifs is 6. The van der Waals surface area contributed by atoms with Crippen molar-refractivity contribution < 1.29 is 75.9 Å². The van der Waals surface area contributed by atoms with Crippen LogP contribution < -0.4 is 53.9 Å². The minimum absolute atomic E-state index is 0.0251. The number of aliphatic carboxylic acids is 2. The van der Waals surface area contributed by atoms with Crippen LogP contribution in [0, 0.1) is 43.4 Å². The summed E-state index contributed by atoms with van der Waals surface area (Å²) in [6.07, 6.45) is 4.65. The van der Waals surface area contributed by atoms with Gasteiger partial charge in [-0.2, -0.15) is 13.4 Å². The maximum atomic E-state index is 14.6. The lowest BCUT2D eigenvalue weighted by Gasteiger charge is -2.22. The van der Waals surface area contributed by atoms with Crippen LogP contribution in [-0.4, -0.2) is 185 Å². The number of aliphatic imine (C=N–C) groups is 2. The molecule has 0 saturated heterocycles. The van der Waals surface area contributed by atoms with Gasteiger partial charge in [-0.1, -0.05) is 48.8 Å². The lowest BCUT2D eigenvalue weighted by Crippen LogP contribution is -2.54. The summed E-state index contributed by atoms with van der Waals surface area (Å²) in [4.78, 5) is 178. The number of nitrogens with two attached hydrogens (primary N) is 1. The zero-order valence-corrected chi connectivity index (χ0v) is 58.0. The van der Waals surface area contributed by atoms with Gasteiger partial charge in [-0.15, -0.1) is 0 Å². The van der Waals surface area contributed by atoms with Gasteiger partial charge in [0.05, 0.1) is 60.5 Å². The number of benzene rings is 1. The molecule has 1 aliphatic carbocycles. The van der Waals surface area contributed by atoms with E-state index < -0.39 is 125 Å². The van der Waals surface area contributed by atoms with Crippen LogP contribution >= 0.6 is 21.6 Å². The van der Waals surface area contributed by atoms with Crippen LogP contribution in [0.4, 0.5) is 11.6 Å². The molecule has 0 saturated carbocycles. The summed E-state index contributed by atoms with van der Waals surface area (Å²) in [5, 5.41) is 36.5. The molecule has 1 aromatic carbocycles. The summed E-state index contributed by atoms with van der Waals surface area (Å²) in [5.74, 6) is -11.8. The highest BCUT2D eigenvalue weighted by atomic mass is 33.1. The average Bonchev–Trinajstić information content (AvgIpc) is 1.56. The number of nitrogens with zero attached hydrogens (tertiary/aromatic N) is 5. The molecule has 5 aromatic rings. The van der Waals surface area contributed by atoms with E-state index in [0.29, 0.717) is 73.4 Å². The Hall–Kier alpha value is -9.87. The Labute approximate surface area is 579 Å². The monoisotopic (exact) mass is 1440 g/mol. The number of anilines is 2. The summed E-state index contributed by atoms with van der Waals surface area (Å²) < 4.78 is 37.1. The Balaban J connectivity index is 0.805.